The maximum Gasteiger partial charge on any atom is 0.302 e. The maximum absolute atomic E-state index is 12.7. The van der Waals surface area contributed by atoms with E-state index in [1.165, 1.54) is 0 Å². The number of aromatic nitrogens is 1. The van der Waals surface area contributed by atoms with Crippen molar-refractivity contribution in [3.05, 3.63) is 36.0 Å². The van der Waals surface area contributed by atoms with Crippen LogP contribution in [0.1, 0.15) is 12.0 Å². The van der Waals surface area contributed by atoms with Crippen LogP contribution in [0.5, 0.6) is 0 Å². The molecule has 0 bridgehead atoms. The highest BCUT2D eigenvalue weighted by Crippen LogP contribution is 2.21. The van der Waals surface area contributed by atoms with Crippen molar-refractivity contribution < 1.29 is 17.1 Å². The van der Waals surface area contributed by atoms with Gasteiger partial charge < -0.3 is 9.88 Å². The van der Waals surface area contributed by atoms with Crippen LogP contribution in [0.15, 0.2) is 30.5 Å². The van der Waals surface area contributed by atoms with E-state index in [-0.39, 0.29) is 12.3 Å². The summed E-state index contributed by atoms with van der Waals surface area (Å²) in [5.41, 5.74) is 2.15. The monoisotopic (exact) mass is 324 g/mol. The van der Waals surface area contributed by atoms with Gasteiger partial charge in [-0.2, -0.15) is 8.42 Å². The van der Waals surface area contributed by atoms with E-state index in [1.807, 2.05) is 30.5 Å². The fourth-order valence-corrected chi connectivity index (χ4v) is 3.76. The quantitative estimate of drug-likeness (QED) is 0.854. The first-order chi connectivity index (χ1) is 10.4. The molecule has 1 aliphatic heterocycles. The van der Waals surface area contributed by atoms with Gasteiger partial charge in [-0.25, -0.2) is 0 Å². The third-order valence-corrected chi connectivity index (χ3v) is 4.89. The van der Waals surface area contributed by atoms with Crippen LogP contribution >= 0.6 is 0 Å². The van der Waals surface area contributed by atoms with Crippen molar-refractivity contribution in [1.29, 1.82) is 0 Å². The molecule has 1 aromatic heterocycles. The highest BCUT2D eigenvalue weighted by Gasteiger charge is 2.32. The Morgan fingerprint density at radius 1 is 1.32 bits per heavy atom. The molecule has 1 N–H and O–H groups in total. The van der Waals surface area contributed by atoms with Gasteiger partial charge in [-0.15, -0.1) is 3.89 Å². The summed E-state index contributed by atoms with van der Waals surface area (Å²) in [4.78, 5) is 16.6. The highest BCUT2D eigenvalue weighted by atomic mass is 32.3. The van der Waals surface area contributed by atoms with Gasteiger partial charge in [-0.3, -0.25) is 4.79 Å². The van der Waals surface area contributed by atoms with Gasteiger partial charge in [-0.05, 0) is 29.5 Å². The molecule has 2 heterocycles. The summed E-state index contributed by atoms with van der Waals surface area (Å²) in [6.07, 6.45) is 2.68. The van der Waals surface area contributed by atoms with E-state index in [2.05, 4.69) is 4.98 Å². The number of H-pyrrole nitrogens is 1. The molecular weight excluding hydrogens is 307 g/mol. The van der Waals surface area contributed by atoms with Gasteiger partial charge in [-0.1, -0.05) is 12.1 Å². The number of amides is 1. The predicted molar refractivity (Wildman–Crippen MR) is 81.6 cm³/mol. The molecule has 7 heteroatoms. The molecular formula is C15H17FN2O3S. The number of halogens is 1. The first-order valence-electron chi connectivity index (χ1n) is 7.17. The van der Waals surface area contributed by atoms with Crippen LogP contribution in [0.4, 0.5) is 3.89 Å². The van der Waals surface area contributed by atoms with Crippen LogP contribution < -0.4 is 0 Å². The van der Waals surface area contributed by atoms with Gasteiger partial charge in [0.1, 0.15) is 0 Å². The molecule has 1 fully saturated rings. The van der Waals surface area contributed by atoms with E-state index in [9.17, 15) is 17.1 Å². The lowest BCUT2D eigenvalue weighted by Gasteiger charge is -2.16. The van der Waals surface area contributed by atoms with Crippen LogP contribution in [-0.2, 0) is 21.4 Å². The molecule has 1 saturated heterocycles. The van der Waals surface area contributed by atoms with Gasteiger partial charge in [0, 0.05) is 37.1 Å². The summed E-state index contributed by atoms with van der Waals surface area (Å²) >= 11 is 0. The second-order valence-corrected chi connectivity index (χ2v) is 7.18. The molecule has 2 aromatic rings. The second-order valence-electron chi connectivity index (χ2n) is 5.76. The number of hydrogen-bond acceptors (Lipinski definition) is 3. The number of nitrogens with zero attached hydrogens (tertiary/aromatic N) is 1. The first-order valence-corrected chi connectivity index (χ1v) is 8.72. The van der Waals surface area contributed by atoms with E-state index in [4.69, 9.17) is 0 Å². The summed E-state index contributed by atoms with van der Waals surface area (Å²) in [7, 11) is -4.52. The Morgan fingerprint density at radius 3 is 2.91 bits per heavy atom. The summed E-state index contributed by atoms with van der Waals surface area (Å²) in [6, 6.07) is 8.07. The lowest BCUT2D eigenvalue weighted by atomic mass is 10.1. The number of likely N-dealkylation sites (tertiary alicyclic amines) is 1. The zero-order chi connectivity index (χ0) is 15.7. The largest absolute Gasteiger partial charge is 0.361 e. The molecule has 5 nitrogen and oxygen atoms in total. The number of benzene rings is 1. The molecule has 0 saturated carbocycles. The van der Waals surface area contributed by atoms with Crippen molar-refractivity contribution in [2.45, 2.75) is 12.8 Å². The van der Waals surface area contributed by atoms with Crippen LogP contribution in [0.2, 0.25) is 0 Å². The summed E-state index contributed by atoms with van der Waals surface area (Å²) < 4.78 is 34.1. The Bertz CT molecular complexity index is 800. The molecule has 1 atom stereocenters. The Hall–Kier alpha value is -1.89. The van der Waals surface area contributed by atoms with Gasteiger partial charge in [0.25, 0.3) is 0 Å². The van der Waals surface area contributed by atoms with E-state index >= 15 is 0 Å². The van der Waals surface area contributed by atoms with Crippen LogP contribution in [0.3, 0.4) is 0 Å². The number of rotatable bonds is 5. The standard InChI is InChI=1S/C15H17FN2O3S/c16-22(20,21)10-12-8-15(19)18(9-12)6-4-11-1-2-13-3-5-17-14(13)7-11/h1-3,5,7,12,17H,4,6,8-10H2. The average Bonchev–Trinajstić information content (AvgIpc) is 3.00. The maximum atomic E-state index is 12.7. The zero-order valence-corrected chi connectivity index (χ0v) is 12.8. The molecule has 0 aliphatic carbocycles. The van der Waals surface area contributed by atoms with Crippen molar-refractivity contribution in [2.75, 3.05) is 18.8 Å². The minimum Gasteiger partial charge on any atom is -0.361 e. The first kappa shape index (κ1) is 15.0. The van der Waals surface area contributed by atoms with Crippen LogP contribution in [0.25, 0.3) is 10.9 Å². The Kier molecular flexibility index (Phi) is 3.90. The van der Waals surface area contributed by atoms with Crippen molar-refractivity contribution in [3.8, 4) is 0 Å². The van der Waals surface area contributed by atoms with Gasteiger partial charge in [0.05, 0.1) is 5.75 Å². The molecule has 0 spiro atoms. The minimum absolute atomic E-state index is 0.102. The topological polar surface area (TPSA) is 70.2 Å². The third kappa shape index (κ3) is 3.47. The second kappa shape index (κ2) is 5.72. The van der Waals surface area contributed by atoms with E-state index in [0.29, 0.717) is 19.5 Å². The highest BCUT2D eigenvalue weighted by molar-refractivity contribution is 7.86. The molecule has 1 aliphatic rings. The average molecular weight is 324 g/mol. The van der Waals surface area contributed by atoms with Crippen molar-refractivity contribution in [2.24, 2.45) is 5.92 Å². The molecule has 118 valence electrons. The van der Waals surface area contributed by atoms with E-state index in [1.54, 1.807) is 4.90 Å². The number of carbonyl (C=O) groups is 1. The number of nitrogens with one attached hydrogen (secondary N) is 1. The number of hydrogen-bond donors (Lipinski definition) is 1. The van der Waals surface area contributed by atoms with Crippen molar-refractivity contribution in [3.63, 3.8) is 0 Å². The molecule has 1 unspecified atom stereocenters. The van der Waals surface area contributed by atoms with Crippen LogP contribution in [-0.4, -0.2) is 43.1 Å². The fraction of sp³-hybridized carbons (Fsp3) is 0.400. The number of carbonyl (C=O) groups excluding carboxylic acids is 1. The molecule has 0 radical (unpaired) electrons. The summed E-state index contributed by atoms with van der Waals surface area (Å²) in [6.45, 7) is 0.834. The molecule has 3 rings (SSSR count). The minimum atomic E-state index is -4.52. The van der Waals surface area contributed by atoms with Gasteiger partial charge >= 0.3 is 10.2 Å². The normalized spacial score (nSPS) is 19.2. The number of aromatic amines is 1. The molecule has 1 aromatic carbocycles. The Balaban J connectivity index is 1.60. The summed E-state index contributed by atoms with van der Waals surface area (Å²) in [5, 5.41) is 1.13. The number of fused-ring (bicyclic) bond motifs is 1. The van der Waals surface area contributed by atoms with E-state index < -0.39 is 21.9 Å². The SMILES string of the molecule is O=C1CC(CS(=O)(=O)F)CN1CCc1ccc2cc[nH]c2c1. The van der Waals surface area contributed by atoms with Crippen LogP contribution in [0, 0.1) is 5.92 Å². The lowest BCUT2D eigenvalue weighted by molar-refractivity contribution is -0.127. The van der Waals surface area contributed by atoms with E-state index in [0.717, 1.165) is 16.5 Å². The lowest BCUT2D eigenvalue weighted by Crippen LogP contribution is -2.28. The van der Waals surface area contributed by atoms with Gasteiger partial charge in [0.15, 0.2) is 0 Å². The molecule has 22 heavy (non-hydrogen) atoms. The van der Waals surface area contributed by atoms with Gasteiger partial charge in [0.2, 0.25) is 5.91 Å². The smallest absolute Gasteiger partial charge is 0.302 e. The zero-order valence-electron chi connectivity index (χ0n) is 12.0. The van der Waals surface area contributed by atoms with Crippen molar-refractivity contribution >= 4 is 27.0 Å². The summed E-state index contributed by atoms with van der Waals surface area (Å²) in [5.74, 6) is -1.10. The Labute approximate surface area is 128 Å². The van der Waals surface area contributed by atoms with Crippen molar-refractivity contribution in [1.82, 2.24) is 9.88 Å². The molecule has 1 amide bonds. The fourth-order valence-electron chi connectivity index (χ4n) is 2.98. The predicted octanol–water partition coefficient (Wildman–Crippen LogP) is 1.86. The Morgan fingerprint density at radius 2 is 2.14 bits per heavy atom. The third-order valence-electron chi connectivity index (χ3n) is 4.02.